The number of carbonyl (C=O) groups is 3. The molecule has 3 amide bonds. The Morgan fingerprint density at radius 2 is 1.73 bits per heavy atom. The van der Waals surface area contributed by atoms with Gasteiger partial charge in [-0.1, -0.05) is 12.8 Å². The highest BCUT2D eigenvalue weighted by molar-refractivity contribution is 6.07. The van der Waals surface area contributed by atoms with Crippen molar-refractivity contribution in [3.05, 3.63) is 0 Å². The van der Waals surface area contributed by atoms with Crippen LogP contribution in [0.15, 0.2) is 0 Å². The second-order valence-electron chi connectivity index (χ2n) is 6.73. The van der Waals surface area contributed by atoms with Gasteiger partial charge in [-0.2, -0.15) is 0 Å². The molecule has 0 bridgehead atoms. The van der Waals surface area contributed by atoms with Crippen molar-refractivity contribution in [2.75, 3.05) is 26.7 Å². The monoisotopic (exact) mass is 307 g/mol. The van der Waals surface area contributed by atoms with Crippen molar-refractivity contribution >= 4 is 17.7 Å². The van der Waals surface area contributed by atoms with E-state index in [9.17, 15) is 14.4 Å². The smallest absolute Gasteiger partial charge is 0.242 e. The van der Waals surface area contributed by atoms with Crippen LogP contribution in [0.2, 0.25) is 0 Å². The molecule has 3 aliphatic rings. The summed E-state index contributed by atoms with van der Waals surface area (Å²) in [6.45, 7) is 1.32. The standard InChI is InChI=1S/C16H25N3O3/c1-17-11-5-4-8-18(9-11)14(20)10-19-15(21)12-6-2-3-7-13(12)16(19)22/h11-13,17H,2-10H2,1H3. The predicted octanol–water partition coefficient (Wildman–Crippen LogP) is 0.372. The largest absolute Gasteiger partial charge is 0.340 e. The Morgan fingerprint density at radius 3 is 2.32 bits per heavy atom. The van der Waals surface area contributed by atoms with Gasteiger partial charge in [0.1, 0.15) is 6.54 Å². The van der Waals surface area contributed by atoms with Gasteiger partial charge in [-0.25, -0.2) is 0 Å². The molecule has 0 aromatic carbocycles. The van der Waals surface area contributed by atoms with Gasteiger partial charge >= 0.3 is 0 Å². The fourth-order valence-electron chi connectivity index (χ4n) is 4.06. The van der Waals surface area contributed by atoms with Crippen LogP contribution in [0, 0.1) is 11.8 Å². The van der Waals surface area contributed by atoms with Crippen molar-refractivity contribution in [1.29, 1.82) is 0 Å². The summed E-state index contributed by atoms with van der Waals surface area (Å²) in [6, 6.07) is 0.310. The number of likely N-dealkylation sites (N-methyl/N-ethyl adjacent to an activating group) is 1. The summed E-state index contributed by atoms with van der Waals surface area (Å²) in [4.78, 5) is 40.3. The number of piperidine rings is 1. The zero-order chi connectivity index (χ0) is 15.7. The molecule has 3 rings (SSSR count). The Hall–Kier alpha value is -1.43. The fourth-order valence-corrected chi connectivity index (χ4v) is 4.06. The normalized spacial score (nSPS) is 32.3. The lowest BCUT2D eigenvalue weighted by molar-refractivity contribution is -0.147. The van der Waals surface area contributed by atoms with Gasteiger partial charge in [-0.15, -0.1) is 0 Å². The number of hydrogen-bond acceptors (Lipinski definition) is 4. The number of fused-ring (bicyclic) bond motifs is 1. The van der Waals surface area contributed by atoms with Crippen LogP contribution >= 0.6 is 0 Å². The lowest BCUT2D eigenvalue weighted by Gasteiger charge is -2.33. The zero-order valence-electron chi connectivity index (χ0n) is 13.2. The van der Waals surface area contributed by atoms with Crippen molar-refractivity contribution in [2.45, 2.75) is 44.6 Å². The van der Waals surface area contributed by atoms with Crippen molar-refractivity contribution in [3.63, 3.8) is 0 Å². The summed E-state index contributed by atoms with van der Waals surface area (Å²) in [5, 5.41) is 3.20. The summed E-state index contributed by atoms with van der Waals surface area (Å²) < 4.78 is 0. The average Bonchev–Trinajstić information content (AvgIpc) is 2.80. The van der Waals surface area contributed by atoms with Crippen LogP contribution < -0.4 is 5.32 Å². The molecule has 6 heteroatoms. The number of amides is 3. The predicted molar refractivity (Wildman–Crippen MR) is 80.8 cm³/mol. The van der Waals surface area contributed by atoms with Gasteiger partial charge < -0.3 is 10.2 Å². The molecule has 0 radical (unpaired) electrons. The highest BCUT2D eigenvalue weighted by Gasteiger charge is 2.48. The average molecular weight is 307 g/mol. The maximum absolute atomic E-state index is 12.5. The second-order valence-corrected chi connectivity index (χ2v) is 6.73. The van der Waals surface area contributed by atoms with Crippen molar-refractivity contribution < 1.29 is 14.4 Å². The van der Waals surface area contributed by atoms with E-state index in [1.807, 2.05) is 7.05 Å². The number of nitrogens with one attached hydrogen (secondary N) is 1. The molecule has 3 fully saturated rings. The number of hydrogen-bond donors (Lipinski definition) is 1. The molecular weight excluding hydrogens is 282 g/mol. The minimum absolute atomic E-state index is 0.0684. The molecule has 122 valence electrons. The molecule has 6 nitrogen and oxygen atoms in total. The number of carbonyl (C=O) groups excluding carboxylic acids is 3. The highest BCUT2D eigenvalue weighted by atomic mass is 16.2. The van der Waals surface area contributed by atoms with E-state index in [4.69, 9.17) is 0 Å². The molecule has 3 atom stereocenters. The van der Waals surface area contributed by atoms with Crippen LogP contribution in [0.4, 0.5) is 0 Å². The lowest BCUT2D eigenvalue weighted by atomic mass is 9.81. The van der Waals surface area contributed by atoms with Crippen molar-refractivity contribution in [3.8, 4) is 0 Å². The van der Waals surface area contributed by atoms with Gasteiger partial charge in [0, 0.05) is 19.1 Å². The summed E-state index contributed by atoms with van der Waals surface area (Å²) >= 11 is 0. The first-order valence-corrected chi connectivity index (χ1v) is 8.42. The highest BCUT2D eigenvalue weighted by Crippen LogP contribution is 2.37. The van der Waals surface area contributed by atoms with E-state index in [-0.39, 0.29) is 36.1 Å². The molecule has 2 saturated heterocycles. The summed E-state index contributed by atoms with van der Waals surface area (Å²) in [5.74, 6) is -0.670. The molecule has 2 aliphatic heterocycles. The van der Waals surface area contributed by atoms with E-state index in [0.717, 1.165) is 45.1 Å². The van der Waals surface area contributed by atoms with Gasteiger partial charge in [0.05, 0.1) is 11.8 Å². The van der Waals surface area contributed by atoms with Crippen LogP contribution in [-0.2, 0) is 14.4 Å². The molecular formula is C16H25N3O3. The number of imide groups is 1. The molecule has 0 aromatic rings. The number of rotatable bonds is 3. The van der Waals surface area contributed by atoms with E-state index in [1.165, 1.54) is 4.90 Å². The molecule has 22 heavy (non-hydrogen) atoms. The van der Waals surface area contributed by atoms with Crippen LogP contribution in [-0.4, -0.2) is 60.2 Å². The van der Waals surface area contributed by atoms with Gasteiger partial charge in [-0.3, -0.25) is 19.3 Å². The van der Waals surface area contributed by atoms with Crippen LogP contribution in [0.1, 0.15) is 38.5 Å². The van der Waals surface area contributed by atoms with Gasteiger partial charge in [0.15, 0.2) is 0 Å². The first-order chi connectivity index (χ1) is 10.6. The van der Waals surface area contributed by atoms with Crippen molar-refractivity contribution in [1.82, 2.24) is 15.1 Å². The third-order valence-electron chi connectivity index (χ3n) is 5.41. The van der Waals surface area contributed by atoms with Gasteiger partial charge in [0.25, 0.3) is 0 Å². The first kappa shape index (κ1) is 15.5. The van der Waals surface area contributed by atoms with Crippen LogP contribution in [0.25, 0.3) is 0 Å². The minimum Gasteiger partial charge on any atom is -0.340 e. The summed E-state index contributed by atoms with van der Waals surface area (Å²) in [7, 11) is 1.90. The Balaban J connectivity index is 1.63. The Labute approximate surface area is 131 Å². The molecule has 0 aromatic heterocycles. The number of nitrogens with zero attached hydrogens (tertiary/aromatic N) is 2. The van der Waals surface area contributed by atoms with Crippen molar-refractivity contribution in [2.24, 2.45) is 11.8 Å². The first-order valence-electron chi connectivity index (χ1n) is 8.42. The third-order valence-corrected chi connectivity index (χ3v) is 5.41. The van der Waals surface area contributed by atoms with Crippen LogP contribution in [0.5, 0.6) is 0 Å². The Bertz CT molecular complexity index is 455. The van der Waals surface area contributed by atoms with E-state index in [2.05, 4.69) is 5.32 Å². The lowest BCUT2D eigenvalue weighted by Crippen LogP contribution is -2.50. The molecule has 2 heterocycles. The molecule has 3 unspecified atom stereocenters. The van der Waals surface area contributed by atoms with Gasteiger partial charge in [-0.05, 0) is 32.7 Å². The molecule has 1 aliphatic carbocycles. The fraction of sp³-hybridized carbons (Fsp3) is 0.812. The quantitative estimate of drug-likeness (QED) is 0.765. The van der Waals surface area contributed by atoms with E-state index < -0.39 is 0 Å². The van der Waals surface area contributed by atoms with E-state index in [1.54, 1.807) is 4.90 Å². The van der Waals surface area contributed by atoms with Crippen LogP contribution in [0.3, 0.4) is 0 Å². The second kappa shape index (κ2) is 6.36. The van der Waals surface area contributed by atoms with E-state index in [0.29, 0.717) is 12.6 Å². The van der Waals surface area contributed by atoms with E-state index >= 15 is 0 Å². The SMILES string of the molecule is CNC1CCCN(C(=O)CN2C(=O)C3CCCCC3C2=O)C1. The van der Waals surface area contributed by atoms with Gasteiger partial charge in [0.2, 0.25) is 17.7 Å². The zero-order valence-corrected chi connectivity index (χ0v) is 13.2. The molecule has 1 saturated carbocycles. The maximum atomic E-state index is 12.5. The number of likely N-dealkylation sites (tertiary alicyclic amines) is 2. The Kier molecular flexibility index (Phi) is 4.47. The topological polar surface area (TPSA) is 69.7 Å². The summed E-state index contributed by atoms with van der Waals surface area (Å²) in [5.41, 5.74) is 0. The minimum atomic E-state index is -0.166. The maximum Gasteiger partial charge on any atom is 0.242 e. The summed E-state index contributed by atoms with van der Waals surface area (Å²) in [6.07, 6.45) is 5.64. The third kappa shape index (κ3) is 2.76. The molecule has 1 N–H and O–H groups in total. The molecule has 0 spiro atoms. The Morgan fingerprint density at radius 1 is 1.09 bits per heavy atom.